The van der Waals surface area contributed by atoms with Crippen molar-refractivity contribution >= 4 is 5.91 Å². The third-order valence-electron chi connectivity index (χ3n) is 3.53. The van der Waals surface area contributed by atoms with E-state index >= 15 is 0 Å². The van der Waals surface area contributed by atoms with Crippen molar-refractivity contribution in [1.82, 2.24) is 4.90 Å². The van der Waals surface area contributed by atoms with E-state index < -0.39 is 12.2 Å². The van der Waals surface area contributed by atoms with Gasteiger partial charge in [0, 0.05) is 19.0 Å². The summed E-state index contributed by atoms with van der Waals surface area (Å²) in [7, 11) is 0. The Balaban J connectivity index is 1.90. The molecule has 2 atom stereocenters. The van der Waals surface area contributed by atoms with Crippen LogP contribution in [0.25, 0.3) is 0 Å². The number of carbonyl (C=O) groups excluding carboxylic acids is 1. The molecule has 2 fully saturated rings. The third-order valence-corrected chi connectivity index (χ3v) is 3.53. The first-order chi connectivity index (χ1) is 7.18. The van der Waals surface area contributed by atoms with Gasteiger partial charge in [0.15, 0.2) is 0 Å². The number of aliphatic hydroxyl groups excluding tert-OH is 2. The molecule has 1 amide bonds. The van der Waals surface area contributed by atoms with Crippen LogP contribution in [-0.2, 0) is 4.79 Å². The van der Waals surface area contributed by atoms with Crippen LogP contribution in [0.2, 0.25) is 0 Å². The second-order valence-electron chi connectivity index (χ2n) is 4.71. The lowest BCUT2D eigenvalue weighted by Gasteiger charge is -2.25. The van der Waals surface area contributed by atoms with Gasteiger partial charge in [-0.25, -0.2) is 0 Å². The number of carbonyl (C=O) groups is 1. The molecule has 0 aromatic heterocycles. The Bertz CT molecular complexity index is 228. The van der Waals surface area contributed by atoms with Gasteiger partial charge in [-0.1, -0.05) is 19.3 Å². The predicted octanol–water partition coefficient (Wildman–Crippen LogP) is 0.131. The Kier molecular flexibility index (Phi) is 3.26. The SMILES string of the molecule is O=C(C1CCCCC1)N1CC(O)C(O)C1. The Morgan fingerprint density at radius 3 is 2.07 bits per heavy atom. The van der Waals surface area contributed by atoms with Gasteiger partial charge in [0.2, 0.25) is 5.91 Å². The van der Waals surface area contributed by atoms with E-state index in [1.54, 1.807) is 4.90 Å². The fourth-order valence-electron chi connectivity index (χ4n) is 2.56. The molecule has 1 aliphatic heterocycles. The fraction of sp³-hybridized carbons (Fsp3) is 0.909. The van der Waals surface area contributed by atoms with Crippen LogP contribution >= 0.6 is 0 Å². The van der Waals surface area contributed by atoms with Gasteiger partial charge in [0.05, 0.1) is 12.2 Å². The van der Waals surface area contributed by atoms with E-state index in [0.717, 1.165) is 25.7 Å². The van der Waals surface area contributed by atoms with E-state index in [1.807, 2.05) is 0 Å². The Morgan fingerprint density at radius 1 is 1.00 bits per heavy atom. The molecular weight excluding hydrogens is 194 g/mol. The number of rotatable bonds is 1. The van der Waals surface area contributed by atoms with Crippen molar-refractivity contribution < 1.29 is 15.0 Å². The van der Waals surface area contributed by atoms with Crippen molar-refractivity contribution in [3.8, 4) is 0 Å². The minimum absolute atomic E-state index is 0.130. The quantitative estimate of drug-likeness (QED) is 0.651. The van der Waals surface area contributed by atoms with Crippen molar-refractivity contribution in [2.45, 2.75) is 44.3 Å². The molecule has 1 saturated carbocycles. The van der Waals surface area contributed by atoms with Crippen molar-refractivity contribution in [2.75, 3.05) is 13.1 Å². The predicted molar refractivity (Wildman–Crippen MR) is 55.2 cm³/mol. The minimum atomic E-state index is -0.752. The van der Waals surface area contributed by atoms with Crippen LogP contribution in [0, 0.1) is 5.92 Å². The van der Waals surface area contributed by atoms with E-state index in [1.165, 1.54) is 6.42 Å². The monoisotopic (exact) mass is 213 g/mol. The number of β-amino-alcohol motifs (C(OH)–C–C–N with tert-alkyl or cyclic N) is 2. The summed E-state index contributed by atoms with van der Waals surface area (Å²) in [5.41, 5.74) is 0. The molecule has 0 spiro atoms. The molecule has 4 heteroatoms. The normalized spacial score (nSPS) is 33.3. The van der Waals surface area contributed by atoms with Gasteiger partial charge < -0.3 is 15.1 Å². The summed E-state index contributed by atoms with van der Waals surface area (Å²) in [5, 5.41) is 18.7. The van der Waals surface area contributed by atoms with Crippen LogP contribution in [0.3, 0.4) is 0 Å². The van der Waals surface area contributed by atoms with Crippen LogP contribution in [0.15, 0.2) is 0 Å². The number of likely N-dealkylation sites (tertiary alicyclic amines) is 1. The summed E-state index contributed by atoms with van der Waals surface area (Å²) in [5.74, 6) is 0.265. The van der Waals surface area contributed by atoms with Gasteiger partial charge in [-0.2, -0.15) is 0 Å². The van der Waals surface area contributed by atoms with Gasteiger partial charge in [0.1, 0.15) is 0 Å². The number of aliphatic hydroxyl groups is 2. The number of amides is 1. The standard InChI is InChI=1S/C11H19NO3/c13-9-6-12(7-10(9)14)11(15)8-4-2-1-3-5-8/h8-10,13-14H,1-7H2. The smallest absolute Gasteiger partial charge is 0.225 e. The second-order valence-corrected chi connectivity index (χ2v) is 4.71. The zero-order chi connectivity index (χ0) is 10.8. The molecule has 2 N–H and O–H groups in total. The second kappa shape index (κ2) is 4.49. The topological polar surface area (TPSA) is 60.8 Å². The van der Waals surface area contributed by atoms with Gasteiger partial charge >= 0.3 is 0 Å². The number of hydrogen-bond acceptors (Lipinski definition) is 3. The molecule has 86 valence electrons. The van der Waals surface area contributed by atoms with Crippen molar-refractivity contribution in [1.29, 1.82) is 0 Å². The summed E-state index contributed by atoms with van der Waals surface area (Å²) in [6.07, 6.45) is 3.94. The van der Waals surface area contributed by atoms with Crippen molar-refractivity contribution in [3.05, 3.63) is 0 Å². The van der Waals surface area contributed by atoms with Gasteiger partial charge in [-0.15, -0.1) is 0 Å². The Hall–Kier alpha value is -0.610. The number of hydrogen-bond donors (Lipinski definition) is 2. The van der Waals surface area contributed by atoms with Crippen molar-refractivity contribution in [3.63, 3.8) is 0 Å². The van der Waals surface area contributed by atoms with Gasteiger partial charge in [0.25, 0.3) is 0 Å². The van der Waals surface area contributed by atoms with E-state index in [-0.39, 0.29) is 11.8 Å². The zero-order valence-corrected chi connectivity index (χ0v) is 8.93. The first kappa shape index (κ1) is 10.9. The van der Waals surface area contributed by atoms with E-state index in [2.05, 4.69) is 0 Å². The van der Waals surface area contributed by atoms with Crippen LogP contribution in [-0.4, -0.2) is 46.3 Å². The molecule has 2 unspecified atom stereocenters. The summed E-state index contributed by atoms with van der Waals surface area (Å²) in [6.45, 7) is 0.604. The maximum Gasteiger partial charge on any atom is 0.225 e. The Morgan fingerprint density at radius 2 is 1.53 bits per heavy atom. The van der Waals surface area contributed by atoms with E-state index in [0.29, 0.717) is 13.1 Å². The molecule has 1 aliphatic carbocycles. The molecule has 0 radical (unpaired) electrons. The minimum Gasteiger partial charge on any atom is -0.388 e. The number of nitrogens with zero attached hydrogens (tertiary/aromatic N) is 1. The lowest BCUT2D eigenvalue weighted by molar-refractivity contribution is -0.136. The molecule has 2 rings (SSSR count). The molecule has 2 aliphatic rings. The van der Waals surface area contributed by atoms with E-state index in [9.17, 15) is 15.0 Å². The molecule has 1 heterocycles. The van der Waals surface area contributed by atoms with E-state index in [4.69, 9.17) is 0 Å². The third kappa shape index (κ3) is 2.32. The Labute approximate surface area is 89.9 Å². The van der Waals surface area contributed by atoms with Crippen LogP contribution in [0.4, 0.5) is 0 Å². The maximum absolute atomic E-state index is 12.0. The molecule has 0 bridgehead atoms. The average molecular weight is 213 g/mol. The first-order valence-corrected chi connectivity index (χ1v) is 5.83. The summed E-state index contributed by atoms with van der Waals surface area (Å²) in [6, 6.07) is 0. The highest BCUT2D eigenvalue weighted by atomic mass is 16.3. The highest BCUT2D eigenvalue weighted by Crippen LogP contribution is 2.26. The van der Waals surface area contributed by atoms with Crippen molar-refractivity contribution in [2.24, 2.45) is 5.92 Å². The zero-order valence-electron chi connectivity index (χ0n) is 8.93. The summed E-state index contributed by atoms with van der Waals surface area (Å²) in [4.78, 5) is 13.6. The summed E-state index contributed by atoms with van der Waals surface area (Å²) < 4.78 is 0. The van der Waals surface area contributed by atoms with Gasteiger partial charge in [-0.3, -0.25) is 4.79 Å². The molecule has 1 saturated heterocycles. The molecule has 0 aromatic rings. The van der Waals surface area contributed by atoms with Crippen LogP contribution in [0.5, 0.6) is 0 Å². The molecule has 4 nitrogen and oxygen atoms in total. The lowest BCUT2D eigenvalue weighted by Crippen LogP contribution is -2.36. The molecular formula is C11H19NO3. The highest BCUT2D eigenvalue weighted by molar-refractivity contribution is 5.79. The maximum atomic E-state index is 12.0. The van der Waals surface area contributed by atoms with Crippen LogP contribution in [0.1, 0.15) is 32.1 Å². The lowest BCUT2D eigenvalue weighted by atomic mass is 9.88. The van der Waals surface area contributed by atoms with Gasteiger partial charge in [-0.05, 0) is 12.8 Å². The molecule has 0 aromatic carbocycles. The summed E-state index contributed by atoms with van der Waals surface area (Å²) >= 11 is 0. The molecule has 15 heavy (non-hydrogen) atoms. The average Bonchev–Trinajstić information content (AvgIpc) is 2.59. The highest BCUT2D eigenvalue weighted by Gasteiger charge is 2.35. The first-order valence-electron chi connectivity index (χ1n) is 5.83. The van der Waals surface area contributed by atoms with Crippen LogP contribution < -0.4 is 0 Å². The fourth-order valence-corrected chi connectivity index (χ4v) is 2.56. The largest absolute Gasteiger partial charge is 0.388 e.